The SMILES string of the molecule is Nc1cc(Cl)c(C(O)C(O)CC(=O)O)cc1F. The Kier molecular flexibility index (Phi) is 4.28. The van der Waals surface area contributed by atoms with Gasteiger partial charge in [-0.25, -0.2) is 4.39 Å². The molecule has 17 heavy (non-hydrogen) atoms. The number of anilines is 1. The number of nitrogens with two attached hydrogens (primary N) is 1. The van der Waals surface area contributed by atoms with Crippen molar-refractivity contribution in [2.24, 2.45) is 0 Å². The second-order valence-electron chi connectivity index (χ2n) is 3.51. The van der Waals surface area contributed by atoms with E-state index in [1.807, 2.05) is 0 Å². The van der Waals surface area contributed by atoms with Crippen LogP contribution in [-0.2, 0) is 4.79 Å². The van der Waals surface area contributed by atoms with Gasteiger partial charge in [-0.3, -0.25) is 4.79 Å². The summed E-state index contributed by atoms with van der Waals surface area (Å²) in [5.41, 5.74) is 4.95. The van der Waals surface area contributed by atoms with Crippen molar-refractivity contribution in [3.63, 3.8) is 0 Å². The molecule has 7 heteroatoms. The van der Waals surface area contributed by atoms with Crippen LogP contribution in [0.4, 0.5) is 10.1 Å². The number of nitrogen functional groups attached to an aromatic ring is 1. The highest BCUT2D eigenvalue weighted by Crippen LogP contribution is 2.29. The second-order valence-corrected chi connectivity index (χ2v) is 3.91. The topological polar surface area (TPSA) is 104 Å². The molecule has 1 aromatic rings. The Morgan fingerprint density at radius 3 is 2.59 bits per heavy atom. The molecule has 0 saturated carbocycles. The zero-order chi connectivity index (χ0) is 13.2. The summed E-state index contributed by atoms with van der Waals surface area (Å²) < 4.78 is 13.2. The molecule has 0 aliphatic heterocycles. The molecule has 0 radical (unpaired) electrons. The van der Waals surface area contributed by atoms with E-state index in [0.29, 0.717) is 0 Å². The number of halogens is 2. The van der Waals surface area contributed by atoms with Gasteiger partial charge in [0.25, 0.3) is 0 Å². The Morgan fingerprint density at radius 2 is 2.06 bits per heavy atom. The number of benzene rings is 1. The Balaban J connectivity index is 2.99. The fraction of sp³-hybridized carbons (Fsp3) is 0.300. The van der Waals surface area contributed by atoms with E-state index in [-0.39, 0.29) is 16.3 Å². The van der Waals surface area contributed by atoms with E-state index in [9.17, 15) is 19.4 Å². The van der Waals surface area contributed by atoms with Gasteiger partial charge in [0.1, 0.15) is 11.9 Å². The van der Waals surface area contributed by atoms with Crippen molar-refractivity contribution in [3.8, 4) is 0 Å². The number of aliphatic hydroxyl groups is 2. The summed E-state index contributed by atoms with van der Waals surface area (Å²) in [5.74, 6) is -2.09. The molecule has 5 nitrogen and oxygen atoms in total. The van der Waals surface area contributed by atoms with Crippen LogP contribution in [0, 0.1) is 5.82 Å². The largest absolute Gasteiger partial charge is 0.481 e. The summed E-state index contributed by atoms with van der Waals surface area (Å²) in [4.78, 5) is 10.4. The molecule has 0 aliphatic rings. The number of carbonyl (C=O) groups is 1. The van der Waals surface area contributed by atoms with Gasteiger partial charge in [-0.1, -0.05) is 11.6 Å². The third kappa shape index (κ3) is 3.29. The van der Waals surface area contributed by atoms with Crippen LogP contribution in [0.5, 0.6) is 0 Å². The average Bonchev–Trinajstić information content (AvgIpc) is 2.21. The van der Waals surface area contributed by atoms with E-state index in [4.69, 9.17) is 22.4 Å². The zero-order valence-electron chi connectivity index (χ0n) is 8.60. The fourth-order valence-corrected chi connectivity index (χ4v) is 1.59. The van der Waals surface area contributed by atoms with Crippen LogP contribution in [0.25, 0.3) is 0 Å². The van der Waals surface area contributed by atoms with Gasteiger partial charge >= 0.3 is 5.97 Å². The standard InChI is InChI=1S/C10H11ClFNO4/c11-5-2-7(13)6(12)1-4(5)10(17)8(14)3-9(15)16/h1-2,8,10,14,17H,3,13H2,(H,15,16). The predicted molar refractivity (Wildman–Crippen MR) is 59.0 cm³/mol. The van der Waals surface area contributed by atoms with E-state index >= 15 is 0 Å². The molecular formula is C10H11ClFNO4. The maximum absolute atomic E-state index is 13.2. The van der Waals surface area contributed by atoms with Crippen molar-refractivity contribution in [2.45, 2.75) is 18.6 Å². The third-order valence-corrected chi connectivity index (χ3v) is 2.51. The molecule has 0 bridgehead atoms. The lowest BCUT2D eigenvalue weighted by Crippen LogP contribution is -2.22. The lowest BCUT2D eigenvalue weighted by atomic mass is 10.0. The number of hydrogen-bond donors (Lipinski definition) is 4. The number of carboxylic acid groups (broad SMARTS) is 1. The number of aliphatic hydroxyl groups excluding tert-OH is 2. The lowest BCUT2D eigenvalue weighted by Gasteiger charge is -2.18. The molecule has 0 spiro atoms. The summed E-state index contributed by atoms with van der Waals surface area (Å²) in [6.07, 6.45) is -3.84. The normalized spacial score (nSPS) is 14.4. The fourth-order valence-electron chi connectivity index (χ4n) is 1.30. The van der Waals surface area contributed by atoms with Gasteiger partial charge in [0.2, 0.25) is 0 Å². The first-order valence-corrected chi connectivity index (χ1v) is 5.03. The van der Waals surface area contributed by atoms with Crippen LogP contribution >= 0.6 is 11.6 Å². The number of hydrogen-bond acceptors (Lipinski definition) is 4. The molecular weight excluding hydrogens is 253 g/mol. The molecule has 94 valence electrons. The highest BCUT2D eigenvalue weighted by atomic mass is 35.5. The first-order valence-electron chi connectivity index (χ1n) is 4.65. The molecule has 5 N–H and O–H groups in total. The van der Waals surface area contributed by atoms with Crippen LogP contribution in [0.3, 0.4) is 0 Å². The van der Waals surface area contributed by atoms with Crippen LogP contribution in [0.2, 0.25) is 5.02 Å². The molecule has 2 atom stereocenters. The second kappa shape index (κ2) is 5.31. The molecule has 2 unspecified atom stereocenters. The summed E-state index contributed by atoms with van der Waals surface area (Å²) in [6.45, 7) is 0. The molecule has 0 fully saturated rings. The number of carboxylic acids is 1. The van der Waals surface area contributed by atoms with Crippen LogP contribution < -0.4 is 5.73 Å². The van der Waals surface area contributed by atoms with Gasteiger partial charge in [0, 0.05) is 10.6 Å². The summed E-state index contributed by atoms with van der Waals surface area (Å²) in [6, 6.07) is 1.95. The minimum atomic E-state index is -1.59. The van der Waals surface area contributed by atoms with Crippen molar-refractivity contribution < 1.29 is 24.5 Å². The highest BCUT2D eigenvalue weighted by molar-refractivity contribution is 6.31. The van der Waals surface area contributed by atoms with Crippen molar-refractivity contribution in [1.82, 2.24) is 0 Å². The van der Waals surface area contributed by atoms with Crippen molar-refractivity contribution in [3.05, 3.63) is 28.5 Å². The Hall–Kier alpha value is -1.37. The quantitative estimate of drug-likeness (QED) is 0.605. The van der Waals surface area contributed by atoms with Crippen molar-refractivity contribution >= 4 is 23.3 Å². The first kappa shape index (κ1) is 13.7. The minimum absolute atomic E-state index is 0.0409. The maximum Gasteiger partial charge on any atom is 0.306 e. The molecule has 0 heterocycles. The van der Waals surface area contributed by atoms with Crippen molar-refractivity contribution in [1.29, 1.82) is 0 Å². The molecule has 0 aromatic heterocycles. The first-order chi connectivity index (χ1) is 7.82. The molecule has 1 rings (SSSR count). The van der Waals surface area contributed by atoms with E-state index < -0.39 is 30.4 Å². The smallest absolute Gasteiger partial charge is 0.306 e. The zero-order valence-corrected chi connectivity index (χ0v) is 9.36. The van der Waals surface area contributed by atoms with E-state index in [1.54, 1.807) is 0 Å². The van der Waals surface area contributed by atoms with Crippen LogP contribution in [0.15, 0.2) is 12.1 Å². The monoisotopic (exact) mass is 263 g/mol. The Morgan fingerprint density at radius 1 is 1.47 bits per heavy atom. The number of aliphatic carboxylic acids is 1. The van der Waals surface area contributed by atoms with Gasteiger partial charge < -0.3 is 21.1 Å². The lowest BCUT2D eigenvalue weighted by molar-refractivity contribution is -0.141. The molecule has 0 saturated heterocycles. The minimum Gasteiger partial charge on any atom is -0.481 e. The van der Waals surface area contributed by atoms with Gasteiger partial charge in [-0.05, 0) is 12.1 Å². The summed E-state index contributed by atoms with van der Waals surface area (Å²) in [5, 5.41) is 27.4. The van der Waals surface area contributed by atoms with E-state index in [1.165, 1.54) is 0 Å². The van der Waals surface area contributed by atoms with E-state index in [2.05, 4.69) is 0 Å². The highest BCUT2D eigenvalue weighted by Gasteiger charge is 2.24. The van der Waals surface area contributed by atoms with Gasteiger partial charge in [-0.2, -0.15) is 0 Å². The molecule has 0 aliphatic carbocycles. The Bertz CT molecular complexity index is 441. The maximum atomic E-state index is 13.2. The average molecular weight is 264 g/mol. The molecule has 0 amide bonds. The van der Waals surface area contributed by atoms with Crippen molar-refractivity contribution in [2.75, 3.05) is 5.73 Å². The predicted octanol–water partition coefficient (Wildman–Crippen LogP) is 0.930. The summed E-state index contributed by atoms with van der Waals surface area (Å²) in [7, 11) is 0. The Labute approximate surface area is 101 Å². The van der Waals surface area contributed by atoms with Crippen LogP contribution in [0.1, 0.15) is 18.1 Å². The number of rotatable bonds is 4. The van der Waals surface area contributed by atoms with Crippen LogP contribution in [-0.4, -0.2) is 27.4 Å². The molecule has 1 aromatic carbocycles. The van der Waals surface area contributed by atoms with Gasteiger partial charge in [0.15, 0.2) is 0 Å². The van der Waals surface area contributed by atoms with Gasteiger partial charge in [0.05, 0.1) is 18.2 Å². The van der Waals surface area contributed by atoms with E-state index in [0.717, 1.165) is 12.1 Å². The van der Waals surface area contributed by atoms with Gasteiger partial charge in [-0.15, -0.1) is 0 Å². The third-order valence-electron chi connectivity index (χ3n) is 2.18. The summed E-state index contributed by atoms with van der Waals surface area (Å²) >= 11 is 5.71.